The molecule has 0 saturated heterocycles. The minimum absolute atomic E-state index is 0.128. The molecular weight excluding hydrogens is 498 g/mol. The molecule has 2 heterocycles. The van der Waals surface area contributed by atoms with Gasteiger partial charge in [-0.05, 0) is 66.1 Å². The molecule has 6 rings (SSSR count). The summed E-state index contributed by atoms with van der Waals surface area (Å²) >= 11 is 6.01. The van der Waals surface area contributed by atoms with Crippen LogP contribution in [0.3, 0.4) is 0 Å². The van der Waals surface area contributed by atoms with Crippen LogP contribution in [0.15, 0.2) is 83.7 Å². The summed E-state index contributed by atoms with van der Waals surface area (Å²) in [5.74, 6) is 0.295. The fraction of sp³-hybridized carbons (Fsp3) is 0.258. The average molecular weight is 526 g/mol. The Morgan fingerprint density at radius 2 is 1.76 bits per heavy atom. The van der Waals surface area contributed by atoms with Crippen molar-refractivity contribution in [3.05, 3.63) is 122 Å². The number of carbonyl (C=O) groups is 1. The summed E-state index contributed by atoms with van der Waals surface area (Å²) in [4.78, 5) is 36.2. The molecule has 6 nitrogen and oxygen atoms in total. The summed E-state index contributed by atoms with van der Waals surface area (Å²) in [5.41, 5.74) is 4.31. The Labute approximate surface area is 225 Å². The lowest BCUT2D eigenvalue weighted by molar-refractivity contribution is -0.141. The van der Waals surface area contributed by atoms with Crippen LogP contribution in [0.2, 0.25) is 5.02 Å². The Bertz CT molecular complexity index is 1550. The Balaban J connectivity index is 1.24. The number of hydrogen-bond acceptors (Lipinski definition) is 4. The Hall–Kier alpha value is -3.74. The molecular formula is C31H28ClN3O3. The minimum Gasteiger partial charge on any atom is -0.378 e. The smallest absolute Gasteiger partial charge is 0.256 e. The molecule has 7 heteroatoms. The number of benzene rings is 3. The topological polar surface area (TPSA) is 86.3 Å². The van der Waals surface area contributed by atoms with Gasteiger partial charge in [-0.25, -0.2) is 4.98 Å². The molecule has 0 radical (unpaired) electrons. The Morgan fingerprint density at radius 3 is 2.50 bits per heavy atom. The van der Waals surface area contributed by atoms with Gasteiger partial charge in [0.15, 0.2) is 6.10 Å². The van der Waals surface area contributed by atoms with Crippen LogP contribution in [0.5, 0.6) is 0 Å². The fourth-order valence-corrected chi connectivity index (χ4v) is 5.55. The molecule has 3 aromatic carbocycles. The third-order valence-electron chi connectivity index (χ3n) is 7.75. The van der Waals surface area contributed by atoms with Gasteiger partial charge >= 0.3 is 0 Å². The minimum atomic E-state index is -1.33. The highest BCUT2D eigenvalue weighted by atomic mass is 35.5. The van der Waals surface area contributed by atoms with Gasteiger partial charge in [0.2, 0.25) is 0 Å². The first kappa shape index (κ1) is 24.6. The van der Waals surface area contributed by atoms with Gasteiger partial charge in [-0.3, -0.25) is 9.59 Å². The normalized spacial score (nSPS) is 16.8. The number of hydrogen-bond donors (Lipinski definition) is 2. The zero-order chi connectivity index (χ0) is 26.3. The zero-order valence-corrected chi connectivity index (χ0v) is 21.6. The highest BCUT2D eigenvalue weighted by Crippen LogP contribution is 2.51. The highest BCUT2D eigenvalue weighted by molar-refractivity contribution is 6.30. The number of aliphatic hydroxyl groups excluding tert-OH is 1. The van der Waals surface area contributed by atoms with Crippen LogP contribution in [0.25, 0.3) is 11.1 Å². The van der Waals surface area contributed by atoms with Gasteiger partial charge in [0.05, 0.1) is 23.2 Å². The van der Waals surface area contributed by atoms with Crippen molar-refractivity contribution >= 4 is 17.5 Å². The van der Waals surface area contributed by atoms with Crippen LogP contribution in [-0.2, 0) is 23.2 Å². The molecule has 0 spiro atoms. The number of fused-ring (bicyclic) bond motifs is 1. The molecule has 1 amide bonds. The summed E-state index contributed by atoms with van der Waals surface area (Å²) in [7, 11) is 0. The second-order valence-corrected chi connectivity index (χ2v) is 10.6. The lowest BCUT2D eigenvalue weighted by Gasteiger charge is -2.24. The predicted molar refractivity (Wildman–Crippen MR) is 147 cm³/mol. The van der Waals surface area contributed by atoms with Crippen LogP contribution in [0.1, 0.15) is 53.6 Å². The van der Waals surface area contributed by atoms with Gasteiger partial charge in [-0.2, -0.15) is 0 Å². The van der Waals surface area contributed by atoms with Crippen LogP contribution in [0, 0.1) is 0 Å². The first-order chi connectivity index (χ1) is 18.4. The quantitative estimate of drug-likeness (QED) is 0.376. The molecule has 0 bridgehead atoms. The van der Waals surface area contributed by atoms with Crippen molar-refractivity contribution in [3.63, 3.8) is 0 Å². The van der Waals surface area contributed by atoms with Gasteiger partial charge in [-0.15, -0.1) is 0 Å². The lowest BCUT2D eigenvalue weighted by atomic mass is 9.94. The molecule has 2 aliphatic rings. The molecule has 1 aliphatic heterocycles. The third kappa shape index (κ3) is 4.55. The van der Waals surface area contributed by atoms with Crippen molar-refractivity contribution in [3.8, 4) is 11.1 Å². The SMILES string of the molecule is O=C([C@H](O)c1cccc(-c2ccc(Cl)cc2)c1)N1CCCc2nc(C3(c4ccccc4)CC3)[nH]c(=O)c2C1. The van der Waals surface area contributed by atoms with E-state index in [0.29, 0.717) is 41.4 Å². The first-order valence-electron chi connectivity index (χ1n) is 13.0. The number of H-pyrrole nitrogens is 1. The van der Waals surface area contributed by atoms with E-state index in [2.05, 4.69) is 17.1 Å². The van der Waals surface area contributed by atoms with E-state index < -0.39 is 12.0 Å². The van der Waals surface area contributed by atoms with Crippen LogP contribution in [0.4, 0.5) is 0 Å². The number of amides is 1. The number of aromatic amines is 1. The number of aromatic nitrogens is 2. The molecule has 192 valence electrons. The van der Waals surface area contributed by atoms with E-state index >= 15 is 0 Å². The van der Waals surface area contributed by atoms with Crippen molar-refractivity contribution in [2.75, 3.05) is 6.54 Å². The van der Waals surface area contributed by atoms with E-state index in [9.17, 15) is 14.7 Å². The number of nitrogens with one attached hydrogen (secondary N) is 1. The summed E-state index contributed by atoms with van der Waals surface area (Å²) in [6.07, 6.45) is 1.85. The molecule has 0 unspecified atom stereocenters. The van der Waals surface area contributed by atoms with E-state index in [0.717, 1.165) is 35.2 Å². The zero-order valence-electron chi connectivity index (χ0n) is 20.9. The second-order valence-electron chi connectivity index (χ2n) is 10.2. The molecule has 4 aromatic rings. The van der Waals surface area contributed by atoms with Crippen molar-refractivity contribution in [1.29, 1.82) is 0 Å². The van der Waals surface area contributed by atoms with Crippen molar-refractivity contribution in [1.82, 2.24) is 14.9 Å². The average Bonchev–Trinajstić information content (AvgIpc) is 3.78. The largest absolute Gasteiger partial charge is 0.378 e. The maximum atomic E-state index is 13.4. The summed E-state index contributed by atoms with van der Waals surface area (Å²) in [5, 5.41) is 11.7. The van der Waals surface area contributed by atoms with Gasteiger partial charge in [-0.1, -0.05) is 72.3 Å². The summed E-state index contributed by atoms with van der Waals surface area (Å²) < 4.78 is 0. The number of halogens is 1. The Morgan fingerprint density at radius 1 is 1.00 bits per heavy atom. The van der Waals surface area contributed by atoms with Gasteiger partial charge in [0, 0.05) is 11.6 Å². The van der Waals surface area contributed by atoms with E-state index in [4.69, 9.17) is 16.6 Å². The molecule has 1 saturated carbocycles. The van der Waals surface area contributed by atoms with E-state index in [1.54, 1.807) is 11.0 Å². The van der Waals surface area contributed by atoms with Gasteiger partial charge < -0.3 is 15.0 Å². The van der Waals surface area contributed by atoms with Crippen molar-refractivity contribution < 1.29 is 9.90 Å². The molecule has 1 aromatic heterocycles. The van der Waals surface area contributed by atoms with Gasteiger partial charge in [0.25, 0.3) is 11.5 Å². The number of aryl methyl sites for hydroxylation is 1. The fourth-order valence-electron chi connectivity index (χ4n) is 5.43. The monoisotopic (exact) mass is 525 g/mol. The molecule has 1 fully saturated rings. The lowest BCUT2D eigenvalue weighted by Crippen LogP contribution is -2.36. The molecule has 1 aliphatic carbocycles. The maximum absolute atomic E-state index is 13.4. The standard InChI is InChI=1S/C31H28ClN3O3/c32-24-13-11-20(12-14-24)21-6-4-7-22(18-21)27(36)29(38)35-17-5-10-26-25(19-35)28(37)34-30(33-26)31(15-16-31)23-8-2-1-3-9-23/h1-4,6-9,11-14,18,27,36H,5,10,15-17,19H2,(H,33,34,37)/t27-/m1/s1. The van der Waals surface area contributed by atoms with E-state index in [-0.39, 0.29) is 17.5 Å². The van der Waals surface area contributed by atoms with Crippen LogP contribution in [-0.4, -0.2) is 32.4 Å². The molecule has 38 heavy (non-hydrogen) atoms. The number of rotatable bonds is 5. The van der Waals surface area contributed by atoms with Crippen LogP contribution < -0.4 is 5.56 Å². The van der Waals surface area contributed by atoms with Crippen molar-refractivity contribution in [2.24, 2.45) is 0 Å². The number of aliphatic hydroxyl groups is 1. The molecule has 1 atom stereocenters. The third-order valence-corrected chi connectivity index (χ3v) is 8.00. The second kappa shape index (κ2) is 9.86. The van der Waals surface area contributed by atoms with Crippen molar-refractivity contribution in [2.45, 2.75) is 43.7 Å². The van der Waals surface area contributed by atoms with Crippen LogP contribution >= 0.6 is 11.6 Å². The first-order valence-corrected chi connectivity index (χ1v) is 13.3. The van der Waals surface area contributed by atoms with Gasteiger partial charge in [0.1, 0.15) is 5.82 Å². The highest BCUT2D eigenvalue weighted by Gasteiger charge is 2.48. The Kier molecular flexibility index (Phi) is 6.38. The van der Waals surface area contributed by atoms with E-state index in [1.807, 2.05) is 60.7 Å². The number of nitrogens with zero attached hydrogens (tertiary/aromatic N) is 2. The summed E-state index contributed by atoms with van der Waals surface area (Å²) in [6, 6.07) is 24.9. The number of carbonyl (C=O) groups excluding carboxylic acids is 1. The predicted octanol–water partition coefficient (Wildman–Crippen LogP) is 5.18. The van der Waals surface area contributed by atoms with E-state index in [1.165, 1.54) is 0 Å². The maximum Gasteiger partial charge on any atom is 0.256 e. The molecule has 2 N–H and O–H groups in total. The summed E-state index contributed by atoms with van der Waals surface area (Å²) in [6.45, 7) is 0.574.